The number of alkyl halides is 1. The number of aliphatic hydroxyl groups excluding tert-OH is 3. The van der Waals surface area contributed by atoms with Gasteiger partial charge in [-0.3, -0.25) is 43.3 Å². The Morgan fingerprint density at radius 3 is 2.22 bits per heavy atom. The molecule has 1 aromatic heterocycles. The molecule has 4 aromatic carbocycles. The number of H-pyrrole nitrogens is 1. The van der Waals surface area contributed by atoms with Crippen LogP contribution in [0, 0.1) is 11.8 Å². The molecule has 8 N–H and O–H groups in total. The van der Waals surface area contributed by atoms with Crippen molar-refractivity contribution >= 4 is 92.1 Å². The molecule has 0 radical (unpaired) electrons. The molecule has 8 rings (SSSR count). The van der Waals surface area contributed by atoms with Gasteiger partial charge in [0.15, 0.2) is 11.6 Å². The fourth-order valence-corrected chi connectivity index (χ4v) is 10.8. The van der Waals surface area contributed by atoms with Crippen molar-refractivity contribution in [1.29, 1.82) is 0 Å². The third-order valence-electron chi connectivity index (χ3n) is 14.9. The summed E-state index contributed by atoms with van der Waals surface area (Å²) in [6.07, 6.45) is -0.169. The van der Waals surface area contributed by atoms with Crippen molar-refractivity contribution in [3.8, 4) is 5.75 Å². The number of aromatic nitrogens is 1. The Morgan fingerprint density at radius 1 is 0.841 bits per heavy atom. The van der Waals surface area contributed by atoms with E-state index in [4.69, 9.17) is 36.4 Å². The Hall–Kier alpha value is -7.91. The van der Waals surface area contributed by atoms with Gasteiger partial charge in [0, 0.05) is 103 Å². The maximum atomic E-state index is 14.4. The number of nitrogens with zero attached hydrogens (tertiary/aromatic N) is 2. The van der Waals surface area contributed by atoms with E-state index in [-0.39, 0.29) is 98.5 Å². The van der Waals surface area contributed by atoms with Crippen molar-refractivity contribution in [2.75, 3.05) is 37.0 Å². The molecule has 1 unspecified atom stereocenters. The van der Waals surface area contributed by atoms with Gasteiger partial charge in [0.2, 0.25) is 24.0 Å². The molecule has 6 amide bonds. The highest BCUT2D eigenvalue weighted by atomic mass is 35.5. The number of hydrogen-bond donors (Lipinski definition) is 7. The lowest BCUT2D eigenvalue weighted by molar-refractivity contribution is -0.241. The number of aromatic amines is 1. The van der Waals surface area contributed by atoms with Crippen LogP contribution in [0.4, 0.5) is 5.69 Å². The molecule has 22 heteroatoms. The third-order valence-corrected chi connectivity index (χ3v) is 15.3. The first-order valence-corrected chi connectivity index (χ1v) is 27.8. The molecule has 0 spiro atoms. The van der Waals surface area contributed by atoms with Gasteiger partial charge in [0.25, 0.3) is 17.7 Å². The van der Waals surface area contributed by atoms with Gasteiger partial charge in [-0.05, 0) is 78.3 Å². The van der Waals surface area contributed by atoms with Gasteiger partial charge in [0.1, 0.15) is 29.8 Å². The monoisotopic (exact) mass is 1150 g/mol. The van der Waals surface area contributed by atoms with Gasteiger partial charge in [-0.25, -0.2) is 0 Å². The maximum absolute atomic E-state index is 14.4. The van der Waals surface area contributed by atoms with Crippen LogP contribution in [-0.4, -0.2) is 141 Å². The highest BCUT2D eigenvalue weighted by Gasteiger charge is 2.41. The normalized spacial score (nSPS) is 19.1. The number of carbonyl (C=O) groups excluding carboxylic acids is 10. The van der Waals surface area contributed by atoms with E-state index in [1.165, 1.54) is 12.2 Å². The van der Waals surface area contributed by atoms with Crippen LogP contribution in [-0.2, 0) is 55.9 Å². The number of fused-ring (bicyclic) bond motifs is 4. The number of carbonyl (C=O) groups is 8. The summed E-state index contributed by atoms with van der Waals surface area (Å²) in [5.74, 6) is -2.75. The molecule has 3 aliphatic heterocycles. The van der Waals surface area contributed by atoms with Gasteiger partial charge in [-0.1, -0.05) is 74.9 Å². The lowest BCUT2D eigenvalue weighted by Crippen LogP contribution is -2.54. The zero-order chi connectivity index (χ0) is 59.2. The number of imide groups is 1. The second kappa shape index (κ2) is 28.7. The molecule has 0 bridgehead atoms. The lowest BCUT2D eigenvalue weighted by atomic mass is 9.89. The van der Waals surface area contributed by atoms with Gasteiger partial charge in [0.05, 0.1) is 18.3 Å². The first-order chi connectivity index (χ1) is 39.3. The Morgan fingerprint density at radius 2 is 1.54 bits per heavy atom. The minimum absolute atomic E-state index is 0.0210. The van der Waals surface area contributed by atoms with Crippen LogP contribution >= 0.6 is 11.6 Å². The number of amides is 6. The zero-order valence-corrected chi connectivity index (χ0v) is 46.2. The van der Waals surface area contributed by atoms with E-state index in [1.54, 1.807) is 41.3 Å². The number of ketones is 2. The second-order valence-electron chi connectivity index (χ2n) is 21.0. The van der Waals surface area contributed by atoms with Crippen LogP contribution in [0.2, 0.25) is 0 Å². The quantitative estimate of drug-likeness (QED) is 0.0174. The molecule has 21 nitrogen and oxygen atoms in total. The number of halogens is 1. The Bertz CT molecular complexity index is 3230. The summed E-state index contributed by atoms with van der Waals surface area (Å²) in [7, 11) is 0. The number of aliphatic hydroxyl groups is 3. The molecule has 7 atom stereocenters. The predicted octanol–water partition coefficient (Wildman–Crippen LogP) is 4.48. The first-order valence-electron chi connectivity index (χ1n) is 27.2. The standard InChI is InChI=1S/C59H67ClN6O13.CO2/c1-33(2)39(11-7-23-62-51(71)14-8-24-65-52(72)21-22-53(65)73)57(76)64-43(12-5-6-13-50(61)70)47(68)26-34-15-18-36(19-16-34)46(67)27-35-17-20-42-37(25-35)28-44(63-42)58(77)66-31-38(30-60)54-41-10-4-3-9-40(41)49(29-45(54)66)79-59-56(75)55(74)48(69)32-78-59;2-1-3/h3-4,9-10,15-22,25,28-29,33,38-39,43,48,55-56,59,63,69,74-75H,5-8,11-14,23-24,26-27,30-32H2,1-2H3,(H2,61,70)(H,62,71)(H,64,76);/t38-,39+,43+,48-,55+,56-,59?;/m1./s1. The number of nitrogens with two attached hydrogens (primary N) is 1. The van der Waals surface area contributed by atoms with E-state index >= 15 is 0 Å². The summed E-state index contributed by atoms with van der Waals surface area (Å²) in [5.41, 5.74) is 9.54. The van der Waals surface area contributed by atoms with Crippen molar-refractivity contribution < 1.29 is 72.7 Å². The van der Waals surface area contributed by atoms with Gasteiger partial charge >= 0.3 is 6.15 Å². The molecule has 82 heavy (non-hydrogen) atoms. The summed E-state index contributed by atoms with van der Waals surface area (Å²) in [6, 6.07) is 22.3. The molecule has 3 aliphatic rings. The van der Waals surface area contributed by atoms with E-state index in [0.29, 0.717) is 95.2 Å². The molecule has 0 aliphatic carbocycles. The highest BCUT2D eigenvalue weighted by molar-refractivity contribution is 6.19. The van der Waals surface area contributed by atoms with Crippen LogP contribution in [0.5, 0.6) is 5.75 Å². The minimum Gasteiger partial charge on any atom is -0.461 e. The van der Waals surface area contributed by atoms with Gasteiger partial charge in [-0.2, -0.15) is 9.59 Å². The zero-order valence-electron chi connectivity index (χ0n) is 45.5. The Kier molecular flexibility index (Phi) is 21.6. The van der Waals surface area contributed by atoms with Crippen molar-refractivity contribution in [2.24, 2.45) is 17.6 Å². The summed E-state index contributed by atoms with van der Waals surface area (Å²) < 4.78 is 11.7. The summed E-state index contributed by atoms with van der Waals surface area (Å²) in [4.78, 5) is 125. The maximum Gasteiger partial charge on any atom is 0.373 e. The van der Waals surface area contributed by atoms with Crippen molar-refractivity contribution in [1.82, 2.24) is 20.5 Å². The molecule has 0 saturated carbocycles. The molecule has 1 fully saturated rings. The van der Waals surface area contributed by atoms with Crippen LogP contribution < -0.4 is 26.0 Å². The van der Waals surface area contributed by atoms with Crippen LogP contribution in [0.15, 0.2) is 91.0 Å². The van der Waals surface area contributed by atoms with E-state index in [9.17, 15) is 53.7 Å². The van der Waals surface area contributed by atoms with Crippen molar-refractivity contribution in [2.45, 2.75) is 115 Å². The third kappa shape index (κ3) is 15.3. The van der Waals surface area contributed by atoms with Crippen molar-refractivity contribution in [3.05, 3.63) is 119 Å². The first kappa shape index (κ1) is 61.7. The second-order valence-corrected chi connectivity index (χ2v) is 21.3. The topological polar surface area (TPSA) is 322 Å². The smallest absolute Gasteiger partial charge is 0.373 e. The van der Waals surface area contributed by atoms with E-state index in [0.717, 1.165) is 15.8 Å². The average molecular weight is 1150 g/mol. The number of unbranched alkanes of at least 4 members (excludes halogenated alkanes) is 1. The predicted molar refractivity (Wildman–Crippen MR) is 299 cm³/mol. The highest BCUT2D eigenvalue weighted by Crippen LogP contribution is 2.46. The van der Waals surface area contributed by atoms with Crippen molar-refractivity contribution in [3.63, 3.8) is 0 Å². The van der Waals surface area contributed by atoms with Crippen LogP contribution in [0.1, 0.15) is 109 Å². The molecular weight excluding hydrogens is 1080 g/mol. The number of hydrogen-bond acceptors (Lipinski definition) is 15. The number of rotatable bonds is 26. The number of Topliss-reactive ketones (excluding diaryl/α,β-unsaturated/α-hetero) is 2. The summed E-state index contributed by atoms with van der Waals surface area (Å²) >= 11 is 6.54. The largest absolute Gasteiger partial charge is 0.461 e. The minimum atomic E-state index is -1.54. The van der Waals surface area contributed by atoms with Crippen LogP contribution in [0.25, 0.3) is 21.7 Å². The molecule has 4 heterocycles. The number of anilines is 1. The number of ether oxygens (including phenoxy) is 2. The number of primary amides is 1. The van der Waals surface area contributed by atoms with E-state index in [2.05, 4.69) is 15.6 Å². The van der Waals surface area contributed by atoms with Crippen LogP contribution in [0.3, 0.4) is 0 Å². The number of nitrogens with one attached hydrogen (secondary N) is 3. The lowest BCUT2D eigenvalue weighted by Gasteiger charge is -2.35. The fourth-order valence-electron chi connectivity index (χ4n) is 10.5. The summed E-state index contributed by atoms with van der Waals surface area (Å²) in [6.45, 7) is 4.32. The summed E-state index contributed by atoms with van der Waals surface area (Å²) in [5, 5.41) is 39.0. The molecular formula is C60H67ClN6O15. The fraction of sp³-hybridized carbons (Fsp3) is 0.417. The van der Waals surface area contributed by atoms with E-state index < -0.39 is 54.3 Å². The SMILES string of the molecule is CC(C)[C@H](CCCNC(=O)CCCN1C(=O)C=CC1=O)C(=O)N[C@@H](CCCCC(N)=O)C(=O)Cc1ccc(C(=O)Cc2ccc3[nH]c(C(=O)N4C[C@@H](CCl)c5c4cc(OC4OC[C@@H](O)[C@H](O)[C@H]4O)c4ccccc54)cc3c2)cc1.O=C=O. The van der Waals surface area contributed by atoms with Gasteiger partial charge in [-0.15, -0.1) is 11.6 Å². The Labute approximate surface area is 477 Å². The average Bonchev–Trinajstić information content (AvgIpc) is 3.49. The Balaban J connectivity index is 0.00000316. The van der Waals surface area contributed by atoms with E-state index in [1.807, 2.05) is 56.3 Å². The molecule has 1 saturated heterocycles. The number of benzene rings is 4. The molecule has 5 aromatic rings. The van der Waals surface area contributed by atoms with Gasteiger partial charge < -0.3 is 51.0 Å². The molecule has 434 valence electrons.